The fraction of sp³-hybridized carbons (Fsp3) is 0.211. The molecule has 1 atom stereocenters. The molecule has 0 radical (unpaired) electrons. The van der Waals surface area contributed by atoms with E-state index in [1.807, 2.05) is 31.2 Å². The fourth-order valence-corrected chi connectivity index (χ4v) is 3.55. The van der Waals surface area contributed by atoms with Crippen LogP contribution in [0.5, 0.6) is 5.75 Å². The molecule has 0 bridgehead atoms. The molecule has 7 heteroatoms. The van der Waals surface area contributed by atoms with Crippen LogP contribution in [0.2, 0.25) is 0 Å². The second kappa shape index (κ2) is 7.53. The SMILES string of the molecule is C[C@@H](c1nc2ccccc2s1)N(C)C(=O)COc1ccccc1C(N)=O. The first kappa shape index (κ1) is 17.9. The molecular formula is C19H19N3O3S. The fourth-order valence-electron chi connectivity index (χ4n) is 2.49. The molecule has 3 aromatic rings. The van der Waals surface area contributed by atoms with E-state index in [1.54, 1.807) is 47.5 Å². The topological polar surface area (TPSA) is 85.5 Å². The highest BCUT2D eigenvalue weighted by molar-refractivity contribution is 7.18. The highest BCUT2D eigenvalue weighted by Gasteiger charge is 2.21. The van der Waals surface area contributed by atoms with E-state index >= 15 is 0 Å². The Balaban J connectivity index is 1.68. The number of thiazole rings is 1. The largest absolute Gasteiger partial charge is 0.483 e. The van der Waals surface area contributed by atoms with Crippen LogP contribution >= 0.6 is 11.3 Å². The minimum Gasteiger partial charge on any atom is -0.483 e. The van der Waals surface area contributed by atoms with Gasteiger partial charge >= 0.3 is 0 Å². The van der Waals surface area contributed by atoms with Gasteiger partial charge in [-0.05, 0) is 31.2 Å². The Labute approximate surface area is 155 Å². The van der Waals surface area contributed by atoms with Gasteiger partial charge in [0, 0.05) is 7.05 Å². The van der Waals surface area contributed by atoms with Gasteiger partial charge in [0.15, 0.2) is 6.61 Å². The zero-order valence-electron chi connectivity index (χ0n) is 14.5. The number of primary amides is 1. The van der Waals surface area contributed by atoms with Crippen molar-refractivity contribution in [2.75, 3.05) is 13.7 Å². The van der Waals surface area contributed by atoms with E-state index in [1.165, 1.54) is 0 Å². The normalized spacial score (nSPS) is 11.9. The molecule has 2 N–H and O–H groups in total. The van der Waals surface area contributed by atoms with Gasteiger partial charge in [-0.2, -0.15) is 0 Å². The number of nitrogens with zero attached hydrogens (tertiary/aromatic N) is 2. The number of ether oxygens (including phenoxy) is 1. The van der Waals surface area contributed by atoms with Gasteiger partial charge in [0.25, 0.3) is 11.8 Å². The maximum atomic E-state index is 12.5. The number of nitrogens with two attached hydrogens (primary N) is 1. The van der Waals surface area contributed by atoms with E-state index < -0.39 is 5.91 Å². The zero-order valence-corrected chi connectivity index (χ0v) is 15.3. The highest BCUT2D eigenvalue weighted by Crippen LogP contribution is 2.29. The van der Waals surface area contributed by atoms with Crippen LogP contribution in [0.15, 0.2) is 48.5 Å². The number of carbonyl (C=O) groups excluding carboxylic acids is 2. The third kappa shape index (κ3) is 3.67. The van der Waals surface area contributed by atoms with E-state index in [0.29, 0.717) is 5.75 Å². The molecule has 26 heavy (non-hydrogen) atoms. The number of fused-ring (bicyclic) bond motifs is 1. The first-order valence-electron chi connectivity index (χ1n) is 8.10. The van der Waals surface area contributed by atoms with Gasteiger partial charge in [-0.1, -0.05) is 24.3 Å². The number of amides is 2. The van der Waals surface area contributed by atoms with Crippen LogP contribution in [0, 0.1) is 0 Å². The molecule has 134 valence electrons. The lowest BCUT2D eigenvalue weighted by atomic mass is 10.2. The Morgan fingerprint density at radius 1 is 1.19 bits per heavy atom. The highest BCUT2D eigenvalue weighted by atomic mass is 32.1. The lowest BCUT2D eigenvalue weighted by Crippen LogP contribution is -2.33. The van der Waals surface area contributed by atoms with Crippen molar-refractivity contribution in [3.8, 4) is 5.75 Å². The van der Waals surface area contributed by atoms with Crippen molar-refractivity contribution in [1.29, 1.82) is 0 Å². The van der Waals surface area contributed by atoms with Gasteiger partial charge in [-0.15, -0.1) is 11.3 Å². The quantitative estimate of drug-likeness (QED) is 0.724. The molecule has 0 aliphatic rings. The molecule has 3 rings (SSSR count). The number of likely N-dealkylation sites (N-methyl/N-ethyl adjacent to an activating group) is 1. The number of benzene rings is 2. The number of hydrogen-bond donors (Lipinski definition) is 1. The third-order valence-electron chi connectivity index (χ3n) is 4.15. The van der Waals surface area contributed by atoms with Gasteiger partial charge < -0.3 is 15.4 Å². The Kier molecular flexibility index (Phi) is 5.18. The summed E-state index contributed by atoms with van der Waals surface area (Å²) in [6.45, 7) is 1.74. The molecule has 0 aliphatic carbocycles. The van der Waals surface area contributed by atoms with Crippen molar-refractivity contribution in [3.05, 3.63) is 59.1 Å². The Morgan fingerprint density at radius 2 is 1.88 bits per heavy atom. The van der Waals surface area contributed by atoms with Crippen molar-refractivity contribution in [1.82, 2.24) is 9.88 Å². The van der Waals surface area contributed by atoms with Gasteiger partial charge in [0.2, 0.25) is 0 Å². The second-order valence-electron chi connectivity index (χ2n) is 5.85. The maximum Gasteiger partial charge on any atom is 0.260 e. The average molecular weight is 369 g/mol. The lowest BCUT2D eigenvalue weighted by molar-refractivity contribution is -0.134. The second-order valence-corrected chi connectivity index (χ2v) is 6.91. The molecule has 0 unspecified atom stereocenters. The summed E-state index contributed by atoms with van der Waals surface area (Å²) in [6, 6.07) is 14.3. The first-order valence-corrected chi connectivity index (χ1v) is 8.91. The maximum absolute atomic E-state index is 12.5. The van der Waals surface area contributed by atoms with E-state index in [9.17, 15) is 9.59 Å². The monoisotopic (exact) mass is 369 g/mol. The number of rotatable bonds is 6. The van der Waals surface area contributed by atoms with Crippen LogP contribution in [0.4, 0.5) is 0 Å². The smallest absolute Gasteiger partial charge is 0.260 e. The molecular weight excluding hydrogens is 350 g/mol. The van der Waals surface area contributed by atoms with E-state index in [4.69, 9.17) is 10.5 Å². The summed E-state index contributed by atoms with van der Waals surface area (Å²) in [5.74, 6) is -0.505. The Morgan fingerprint density at radius 3 is 2.62 bits per heavy atom. The summed E-state index contributed by atoms with van der Waals surface area (Å²) in [4.78, 5) is 30.1. The summed E-state index contributed by atoms with van der Waals surface area (Å²) in [6.07, 6.45) is 0. The summed E-state index contributed by atoms with van der Waals surface area (Å²) < 4.78 is 6.60. The standard InChI is InChI=1S/C19H19N3O3S/c1-12(19-21-14-8-4-6-10-16(14)26-19)22(2)17(23)11-25-15-9-5-3-7-13(15)18(20)24/h3-10,12H,11H2,1-2H3,(H2,20,24)/t12-/m0/s1. The summed E-state index contributed by atoms with van der Waals surface area (Å²) in [5.41, 5.74) is 6.50. The third-order valence-corrected chi connectivity index (χ3v) is 5.35. The van der Waals surface area contributed by atoms with Crippen molar-refractivity contribution in [3.63, 3.8) is 0 Å². The number of hydrogen-bond acceptors (Lipinski definition) is 5. The van der Waals surface area contributed by atoms with Crippen LogP contribution in [0.3, 0.4) is 0 Å². The van der Waals surface area contributed by atoms with E-state index in [-0.39, 0.29) is 24.1 Å². The number of para-hydroxylation sites is 2. The van der Waals surface area contributed by atoms with E-state index in [2.05, 4.69) is 4.98 Å². The molecule has 1 aromatic heterocycles. The molecule has 2 amide bonds. The molecule has 6 nitrogen and oxygen atoms in total. The summed E-state index contributed by atoms with van der Waals surface area (Å²) in [7, 11) is 1.71. The van der Waals surface area contributed by atoms with Crippen LogP contribution in [-0.2, 0) is 4.79 Å². The van der Waals surface area contributed by atoms with Crippen LogP contribution in [0.1, 0.15) is 28.3 Å². The molecule has 0 saturated carbocycles. The first-order chi connectivity index (χ1) is 12.5. The zero-order chi connectivity index (χ0) is 18.7. The van der Waals surface area contributed by atoms with Gasteiger partial charge in [-0.25, -0.2) is 4.98 Å². The van der Waals surface area contributed by atoms with Crippen LogP contribution in [0.25, 0.3) is 10.2 Å². The van der Waals surface area contributed by atoms with Crippen LogP contribution < -0.4 is 10.5 Å². The van der Waals surface area contributed by atoms with Crippen LogP contribution in [-0.4, -0.2) is 35.4 Å². The number of aromatic nitrogens is 1. The molecule has 0 fully saturated rings. The van der Waals surface area contributed by atoms with Crippen molar-refractivity contribution < 1.29 is 14.3 Å². The van der Waals surface area contributed by atoms with Gasteiger partial charge in [-0.3, -0.25) is 9.59 Å². The molecule has 0 saturated heterocycles. The molecule has 0 spiro atoms. The number of carbonyl (C=O) groups is 2. The minimum absolute atomic E-state index is 0.184. The van der Waals surface area contributed by atoms with E-state index in [0.717, 1.165) is 15.2 Å². The van der Waals surface area contributed by atoms with Crippen molar-refractivity contribution in [2.45, 2.75) is 13.0 Å². The molecule has 2 aromatic carbocycles. The minimum atomic E-state index is -0.593. The summed E-state index contributed by atoms with van der Waals surface area (Å²) in [5, 5.41) is 0.861. The predicted molar refractivity (Wildman–Crippen MR) is 101 cm³/mol. The van der Waals surface area contributed by atoms with Gasteiger partial charge in [0.05, 0.1) is 21.8 Å². The average Bonchev–Trinajstić information content (AvgIpc) is 3.09. The predicted octanol–water partition coefficient (Wildman–Crippen LogP) is 2.99. The Hall–Kier alpha value is -2.93. The molecule has 0 aliphatic heterocycles. The van der Waals surface area contributed by atoms with Crippen molar-refractivity contribution >= 4 is 33.4 Å². The molecule has 1 heterocycles. The Bertz CT molecular complexity index is 921. The van der Waals surface area contributed by atoms with Gasteiger partial charge in [0.1, 0.15) is 10.8 Å². The van der Waals surface area contributed by atoms with Crippen molar-refractivity contribution in [2.24, 2.45) is 5.73 Å². The summed E-state index contributed by atoms with van der Waals surface area (Å²) >= 11 is 1.56. The lowest BCUT2D eigenvalue weighted by Gasteiger charge is -2.23.